The van der Waals surface area contributed by atoms with E-state index in [-0.39, 0.29) is 23.5 Å². The molecular weight excluding hydrogens is 317 g/mol. The van der Waals surface area contributed by atoms with Crippen LogP contribution < -0.4 is 10.6 Å². The molecule has 0 bridgehead atoms. The molecule has 2 amide bonds. The van der Waals surface area contributed by atoms with E-state index in [0.717, 1.165) is 31.5 Å². The van der Waals surface area contributed by atoms with E-state index in [2.05, 4.69) is 23.4 Å². The Labute approximate surface area is 140 Å². The number of hydrogen-bond acceptors (Lipinski definition) is 5. The Kier molecular flexibility index (Phi) is 4.87. The number of imide groups is 1. The number of halogens is 1. The number of benzene rings is 1. The van der Waals surface area contributed by atoms with Gasteiger partial charge in [0.05, 0.1) is 0 Å². The van der Waals surface area contributed by atoms with Crippen LogP contribution in [0.15, 0.2) is 18.2 Å². The summed E-state index contributed by atoms with van der Waals surface area (Å²) < 4.78 is 16.4. The molecule has 0 radical (unpaired) electrons. The highest BCUT2D eigenvalue weighted by Gasteiger charge is 2.27. The van der Waals surface area contributed by atoms with Crippen LogP contribution in [0.2, 0.25) is 0 Å². The van der Waals surface area contributed by atoms with E-state index in [1.807, 2.05) is 4.31 Å². The van der Waals surface area contributed by atoms with Gasteiger partial charge in [0.2, 0.25) is 11.8 Å². The molecule has 2 fully saturated rings. The van der Waals surface area contributed by atoms with E-state index in [1.54, 1.807) is 12.1 Å². The molecule has 1 unspecified atom stereocenters. The number of carbonyl (C=O) groups is 2. The Morgan fingerprint density at radius 3 is 2.61 bits per heavy atom. The van der Waals surface area contributed by atoms with E-state index >= 15 is 0 Å². The second kappa shape index (κ2) is 6.88. The number of nitrogens with zero attached hydrogens (tertiary/aromatic N) is 1. The molecule has 124 valence electrons. The Bertz CT molecular complexity index is 617. The predicted octanol–water partition coefficient (Wildman–Crippen LogP) is 2.07. The summed E-state index contributed by atoms with van der Waals surface area (Å²) in [6.45, 7) is 1.70. The van der Waals surface area contributed by atoms with Crippen molar-refractivity contribution in [2.75, 3.05) is 18.4 Å². The Morgan fingerprint density at radius 2 is 1.96 bits per heavy atom. The minimum atomic E-state index is -0.495. The van der Waals surface area contributed by atoms with Gasteiger partial charge in [0.15, 0.2) is 0 Å². The molecule has 0 spiro atoms. The summed E-state index contributed by atoms with van der Waals surface area (Å²) >= 11 is 4.31. The molecule has 0 saturated carbocycles. The maximum atomic E-state index is 14.4. The number of thiol groups is 1. The predicted molar refractivity (Wildman–Crippen MR) is 88.7 cm³/mol. The number of anilines is 1. The van der Waals surface area contributed by atoms with Gasteiger partial charge in [-0.3, -0.25) is 19.2 Å². The summed E-state index contributed by atoms with van der Waals surface area (Å²) in [7, 11) is 0. The Balaban J connectivity index is 1.67. The molecular formula is C16H20FN3O2S. The maximum absolute atomic E-state index is 14.4. The molecule has 2 aliphatic rings. The molecule has 2 heterocycles. The van der Waals surface area contributed by atoms with E-state index in [9.17, 15) is 14.0 Å². The molecule has 2 aliphatic heterocycles. The van der Waals surface area contributed by atoms with Gasteiger partial charge < -0.3 is 5.32 Å². The standard InChI is InChI=1S/C16H20FN3O2S/c17-13-9-11(18-14-3-4-15(21)19-16(14)22)1-2-12(13)10-5-7-20(23)8-6-10/h1-2,9-10,14,18,23H,3-8H2,(H,19,21,22). The van der Waals surface area contributed by atoms with Crippen molar-refractivity contribution in [1.82, 2.24) is 9.62 Å². The van der Waals surface area contributed by atoms with Crippen molar-refractivity contribution in [3.05, 3.63) is 29.6 Å². The fourth-order valence-corrected chi connectivity index (χ4v) is 3.39. The molecule has 7 heteroatoms. The molecule has 2 N–H and O–H groups in total. The smallest absolute Gasteiger partial charge is 0.249 e. The fourth-order valence-electron chi connectivity index (χ4n) is 3.16. The highest BCUT2D eigenvalue weighted by Crippen LogP contribution is 2.31. The van der Waals surface area contributed by atoms with Gasteiger partial charge in [-0.1, -0.05) is 18.9 Å². The van der Waals surface area contributed by atoms with Crippen LogP contribution in [0.25, 0.3) is 0 Å². The van der Waals surface area contributed by atoms with Crippen LogP contribution >= 0.6 is 12.8 Å². The number of piperidine rings is 2. The molecule has 1 atom stereocenters. The zero-order chi connectivity index (χ0) is 16.4. The lowest BCUT2D eigenvalue weighted by Crippen LogP contribution is -2.47. The third-order valence-corrected chi connectivity index (χ3v) is 4.89. The summed E-state index contributed by atoms with van der Waals surface area (Å²) in [4.78, 5) is 22.9. The van der Waals surface area contributed by atoms with Crippen LogP contribution in [0.1, 0.15) is 37.2 Å². The number of amides is 2. The van der Waals surface area contributed by atoms with Gasteiger partial charge in [0, 0.05) is 25.2 Å². The van der Waals surface area contributed by atoms with Crippen molar-refractivity contribution in [2.24, 2.45) is 0 Å². The lowest BCUT2D eigenvalue weighted by molar-refractivity contribution is -0.133. The van der Waals surface area contributed by atoms with Gasteiger partial charge in [-0.2, -0.15) is 0 Å². The average molecular weight is 337 g/mol. The first-order valence-corrected chi connectivity index (χ1v) is 8.26. The van der Waals surface area contributed by atoms with Crippen LogP contribution in [0.3, 0.4) is 0 Å². The highest BCUT2D eigenvalue weighted by molar-refractivity contribution is 7.77. The number of hydrogen-bond donors (Lipinski definition) is 3. The monoisotopic (exact) mass is 337 g/mol. The van der Waals surface area contributed by atoms with Crippen molar-refractivity contribution in [3.8, 4) is 0 Å². The number of nitrogens with one attached hydrogen (secondary N) is 2. The Hall–Kier alpha value is -1.60. The molecule has 1 aromatic carbocycles. The first kappa shape index (κ1) is 16.3. The third-order valence-electron chi connectivity index (χ3n) is 4.49. The second-order valence-electron chi connectivity index (χ2n) is 6.11. The lowest BCUT2D eigenvalue weighted by Gasteiger charge is -2.28. The van der Waals surface area contributed by atoms with Gasteiger partial charge in [-0.05, 0) is 42.9 Å². The van der Waals surface area contributed by atoms with Gasteiger partial charge in [-0.15, -0.1) is 0 Å². The topological polar surface area (TPSA) is 61.4 Å². The lowest BCUT2D eigenvalue weighted by atomic mass is 9.89. The first-order chi connectivity index (χ1) is 11.0. The van der Waals surface area contributed by atoms with Crippen LogP contribution in [-0.2, 0) is 9.59 Å². The van der Waals surface area contributed by atoms with Crippen molar-refractivity contribution < 1.29 is 14.0 Å². The van der Waals surface area contributed by atoms with E-state index in [0.29, 0.717) is 18.5 Å². The average Bonchev–Trinajstić information content (AvgIpc) is 2.51. The molecule has 23 heavy (non-hydrogen) atoms. The van der Waals surface area contributed by atoms with Gasteiger partial charge in [0.25, 0.3) is 0 Å². The van der Waals surface area contributed by atoms with E-state index in [4.69, 9.17) is 0 Å². The van der Waals surface area contributed by atoms with Gasteiger partial charge in [-0.25, -0.2) is 4.39 Å². The zero-order valence-corrected chi connectivity index (χ0v) is 13.6. The first-order valence-electron chi connectivity index (χ1n) is 7.86. The molecule has 0 aromatic heterocycles. The van der Waals surface area contributed by atoms with Crippen LogP contribution in [0.5, 0.6) is 0 Å². The van der Waals surface area contributed by atoms with Crippen molar-refractivity contribution in [2.45, 2.75) is 37.6 Å². The summed E-state index contributed by atoms with van der Waals surface area (Å²) in [5.41, 5.74) is 1.28. The quantitative estimate of drug-likeness (QED) is 0.584. The fraction of sp³-hybridized carbons (Fsp3) is 0.500. The largest absolute Gasteiger partial charge is 0.374 e. The molecule has 0 aliphatic carbocycles. The number of carbonyl (C=O) groups excluding carboxylic acids is 2. The van der Waals surface area contributed by atoms with Gasteiger partial charge >= 0.3 is 0 Å². The SMILES string of the molecule is O=C1CCC(Nc2ccc(C3CCN(S)CC3)c(F)c2)C(=O)N1. The molecule has 1 aromatic rings. The highest BCUT2D eigenvalue weighted by atomic mass is 32.1. The summed E-state index contributed by atoms with van der Waals surface area (Å²) in [5.74, 6) is -0.653. The molecule has 2 saturated heterocycles. The number of rotatable bonds is 3. The van der Waals surface area contributed by atoms with Crippen LogP contribution in [0, 0.1) is 5.82 Å². The maximum Gasteiger partial charge on any atom is 0.249 e. The summed E-state index contributed by atoms with van der Waals surface area (Å²) in [5, 5.41) is 5.29. The van der Waals surface area contributed by atoms with E-state index < -0.39 is 6.04 Å². The third kappa shape index (κ3) is 3.84. The van der Waals surface area contributed by atoms with Crippen LogP contribution in [-0.4, -0.2) is 35.3 Å². The molecule has 3 rings (SSSR count). The summed E-state index contributed by atoms with van der Waals surface area (Å²) in [6, 6.07) is 4.54. The zero-order valence-electron chi connectivity index (χ0n) is 12.7. The summed E-state index contributed by atoms with van der Waals surface area (Å²) in [6.07, 6.45) is 2.50. The normalized spacial score (nSPS) is 23.7. The Morgan fingerprint density at radius 1 is 1.22 bits per heavy atom. The van der Waals surface area contributed by atoms with Crippen molar-refractivity contribution in [3.63, 3.8) is 0 Å². The second-order valence-corrected chi connectivity index (χ2v) is 6.68. The minimum absolute atomic E-state index is 0.211. The minimum Gasteiger partial charge on any atom is -0.374 e. The van der Waals surface area contributed by atoms with Crippen molar-refractivity contribution >= 4 is 30.3 Å². The molecule has 5 nitrogen and oxygen atoms in total. The van der Waals surface area contributed by atoms with E-state index in [1.165, 1.54) is 6.07 Å². The van der Waals surface area contributed by atoms with Gasteiger partial charge in [0.1, 0.15) is 11.9 Å². The van der Waals surface area contributed by atoms with Crippen LogP contribution in [0.4, 0.5) is 10.1 Å². The van der Waals surface area contributed by atoms with Crippen molar-refractivity contribution in [1.29, 1.82) is 0 Å².